The number of hydrogen-bond donors (Lipinski definition) is 2. The van der Waals surface area contributed by atoms with Gasteiger partial charge in [-0.05, 0) is 36.8 Å². The number of aryl methyl sites for hydroxylation is 1. The van der Waals surface area contributed by atoms with Gasteiger partial charge in [0.05, 0.1) is 12.2 Å². The van der Waals surface area contributed by atoms with E-state index in [2.05, 4.69) is 4.98 Å². The summed E-state index contributed by atoms with van der Waals surface area (Å²) < 4.78 is 47.6. The number of pyridine rings is 1. The van der Waals surface area contributed by atoms with Gasteiger partial charge in [-0.1, -0.05) is 12.1 Å². The molecular formula is C21H24F3N5O4S. The third-order valence-electron chi connectivity index (χ3n) is 4.54. The maximum absolute atomic E-state index is 13.7. The fourth-order valence-corrected chi connectivity index (χ4v) is 3.87. The quantitative estimate of drug-likeness (QED) is 0.465. The first-order valence-electron chi connectivity index (χ1n) is 10.1. The van der Waals surface area contributed by atoms with Gasteiger partial charge < -0.3 is 4.90 Å². The zero-order chi connectivity index (χ0) is 25.1. The van der Waals surface area contributed by atoms with E-state index in [1.807, 2.05) is 19.1 Å². The molecule has 2 heterocycles. The van der Waals surface area contributed by atoms with Crippen molar-refractivity contribution in [1.29, 1.82) is 0 Å². The molecule has 0 saturated carbocycles. The number of carbonyl (C=O) groups excluding carboxylic acids is 3. The van der Waals surface area contributed by atoms with Crippen LogP contribution in [0.5, 0.6) is 0 Å². The Morgan fingerprint density at radius 3 is 2.50 bits per heavy atom. The molecule has 0 radical (unpaired) electrons. The number of carbonyl (C=O) groups is 3. The summed E-state index contributed by atoms with van der Waals surface area (Å²) in [6.07, 6.45) is -1.27. The van der Waals surface area contributed by atoms with E-state index in [0.717, 1.165) is 11.3 Å². The molecule has 0 bridgehead atoms. The number of nitrogens with zero attached hydrogens (tertiary/aromatic N) is 3. The monoisotopic (exact) mass is 499 g/mol. The van der Waals surface area contributed by atoms with Crippen molar-refractivity contribution in [1.82, 2.24) is 20.7 Å². The third-order valence-corrected chi connectivity index (χ3v) is 5.82. The van der Waals surface area contributed by atoms with Crippen LogP contribution in [0.1, 0.15) is 11.3 Å². The summed E-state index contributed by atoms with van der Waals surface area (Å²) in [7, 11) is -0.864. The number of alkyl halides is 2. The Hall–Kier alpha value is -3.48. The highest BCUT2D eigenvalue weighted by atomic mass is 32.2. The van der Waals surface area contributed by atoms with E-state index in [9.17, 15) is 31.8 Å². The maximum atomic E-state index is 13.7. The highest BCUT2D eigenvalue weighted by Crippen LogP contribution is 2.20. The van der Waals surface area contributed by atoms with E-state index in [4.69, 9.17) is 0 Å². The zero-order valence-electron chi connectivity index (χ0n) is 18.2. The molecular weight excluding hydrogens is 475 g/mol. The lowest BCUT2D eigenvalue weighted by atomic mass is 10.2. The number of aromatic nitrogens is 1. The second-order valence-corrected chi connectivity index (χ2v) is 8.76. The predicted octanol–water partition coefficient (Wildman–Crippen LogP) is 1.75. The molecule has 2 N–H and O–H groups in total. The highest BCUT2D eigenvalue weighted by Gasteiger charge is 2.26. The van der Waals surface area contributed by atoms with E-state index in [1.165, 1.54) is 22.5 Å². The molecule has 3 rings (SSSR count). The minimum absolute atomic E-state index is 0.0836. The summed E-state index contributed by atoms with van der Waals surface area (Å²) in [4.78, 5) is 39.7. The molecule has 2 aromatic rings. The van der Waals surface area contributed by atoms with Gasteiger partial charge in [0.25, 0.3) is 0 Å². The second-order valence-electron chi connectivity index (χ2n) is 7.06. The second kappa shape index (κ2) is 13.3. The van der Waals surface area contributed by atoms with Crippen LogP contribution in [-0.2, 0) is 26.9 Å². The fraction of sp³-hybridized carbons (Fsp3) is 0.333. The van der Waals surface area contributed by atoms with Gasteiger partial charge in [0.15, 0.2) is 0 Å². The number of urea groups is 1. The molecule has 9 nitrogen and oxygen atoms in total. The number of rotatable bonds is 6. The molecule has 0 unspecified atom stereocenters. The molecule has 1 saturated heterocycles. The lowest BCUT2D eigenvalue weighted by Gasteiger charge is -2.32. The molecule has 34 heavy (non-hydrogen) atoms. The Morgan fingerprint density at radius 2 is 1.94 bits per heavy atom. The molecule has 184 valence electrons. The van der Waals surface area contributed by atoms with Crippen LogP contribution in [0.2, 0.25) is 0 Å². The average molecular weight is 500 g/mol. The maximum Gasteiger partial charge on any atom is 0.324 e. The van der Waals surface area contributed by atoms with Gasteiger partial charge >= 0.3 is 18.4 Å². The van der Waals surface area contributed by atoms with Crippen LogP contribution in [0.25, 0.3) is 0 Å². The summed E-state index contributed by atoms with van der Waals surface area (Å²) in [5.41, 5.74) is 5.24. The fourth-order valence-electron chi connectivity index (χ4n) is 2.82. The third kappa shape index (κ3) is 8.46. The zero-order valence-corrected chi connectivity index (χ0v) is 19.1. The number of nitrogens with one attached hydrogen (secondary N) is 2. The van der Waals surface area contributed by atoms with E-state index in [-0.39, 0.29) is 19.0 Å². The van der Waals surface area contributed by atoms with Crippen molar-refractivity contribution < 1.29 is 31.8 Å². The smallest absolute Gasteiger partial charge is 0.323 e. The molecule has 1 aromatic carbocycles. The van der Waals surface area contributed by atoms with Gasteiger partial charge in [-0.15, -0.1) is 0 Å². The summed E-state index contributed by atoms with van der Waals surface area (Å²) in [6.45, 7) is 3.08. The van der Waals surface area contributed by atoms with Crippen molar-refractivity contribution >= 4 is 34.8 Å². The number of anilines is 1. The minimum atomic E-state index is -3.10. The Kier molecular flexibility index (Phi) is 10.5. The Morgan fingerprint density at radius 1 is 1.24 bits per heavy atom. The van der Waals surface area contributed by atoms with Crippen molar-refractivity contribution in [3.05, 3.63) is 59.7 Å². The van der Waals surface area contributed by atoms with Crippen molar-refractivity contribution in [2.24, 2.45) is 0 Å². The molecule has 0 atom stereocenters. The first-order valence-corrected chi connectivity index (χ1v) is 11.6. The van der Waals surface area contributed by atoms with Crippen LogP contribution in [-0.4, -0.2) is 63.5 Å². The Labute approximate surface area is 196 Å². The molecule has 4 amide bonds. The number of hydrogen-bond acceptors (Lipinski definition) is 5. The Balaban J connectivity index is 0.000000387. The van der Waals surface area contributed by atoms with E-state index in [0.29, 0.717) is 30.3 Å². The van der Waals surface area contributed by atoms with Crippen molar-refractivity contribution in [2.45, 2.75) is 19.9 Å². The van der Waals surface area contributed by atoms with Crippen LogP contribution >= 0.6 is 0 Å². The topological polar surface area (TPSA) is 112 Å². The van der Waals surface area contributed by atoms with Crippen molar-refractivity contribution in [2.75, 3.05) is 29.5 Å². The first-order chi connectivity index (χ1) is 16.2. The van der Waals surface area contributed by atoms with E-state index >= 15 is 0 Å². The summed E-state index contributed by atoms with van der Waals surface area (Å²) in [6, 6.07) is 9.55. The van der Waals surface area contributed by atoms with E-state index in [1.54, 1.807) is 28.7 Å². The highest BCUT2D eigenvalue weighted by molar-refractivity contribution is 7.85. The molecule has 1 aromatic heterocycles. The normalized spacial score (nSPS) is 13.5. The van der Waals surface area contributed by atoms with Gasteiger partial charge in [-0.3, -0.25) is 34.5 Å². The van der Waals surface area contributed by atoms with Gasteiger partial charge in [0.2, 0.25) is 6.41 Å². The molecule has 13 heteroatoms. The largest absolute Gasteiger partial charge is 0.324 e. The SMILES string of the molecule is Cc1ccc(CN(C(=O)N2CCS(=O)CC2)c2cccc(F)c2)nc1.O=CNNC(=O)C(F)F. The first kappa shape index (κ1) is 26.8. The number of halogens is 3. The summed E-state index contributed by atoms with van der Waals surface area (Å²) in [5, 5.41) is 0. The number of benzene rings is 1. The van der Waals surface area contributed by atoms with Gasteiger partial charge in [-0.2, -0.15) is 8.78 Å². The van der Waals surface area contributed by atoms with Crippen LogP contribution in [0.4, 0.5) is 23.7 Å². The predicted molar refractivity (Wildman–Crippen MR) is 120 cm³/mol. The standard InChI is InChI=1S/C18H20FN3O2S.C3H4F2N2O2/c1-14-5-6-16(20-12-14)13-22(17-4-2-3-15(19)11-17)18(23)21-7-9-25(24)10-8-21;4-2(5)3(9)7-6-1-8/h2-6,11-12H,7-10,13H2,1H3;1-2H,(H,6,8)(H,7,9). The van der Waals surface area contributed by atoms with Crippen LogP contribution in [0.3, 0.4) is 0 Å². The molecule has 1 aliphatic rings. The minimum Gasteiger partial charge on any atom is -0.323 e. The lowest BCUT2D eigenvalue weighted by molar-refractivity contribution is -0.134. The van der Waals surface area contributed by atoms with Gasteiger partial charge in [0, 0.05) is 47.3 Å². The van der Waals surface area contributed by atoms with E-state index < -0.39 is 28.9 Å². The molecule has 0 aliphatic carbocycles. The van der Waals surface area contributed by atoms with Crippen LogP contribution in [0, 0.1) is 12.7 Å². The van der Waals surface area contributed by atoms with Crippen LogP contribution in [0.15, 0.2) is 42.6 Å². The van der Waals surface area contributed by atoms with Gasteiger partial charge in [0.1, 0.15) is 5.82 Å². The van der Waals surface area contributed by atoms with Gasteiger partial charge in [-0.25, -0.2) is 9.18 Å². The summed E-state index contributed by atoms with van der Waals surface area (Å²) >= 11 is 0. The molecule has 0 spiro atoms. The van der Waals surface area contributed by atoms with Crippen LogP contribution < -0.4 is 15.8 Å². The van der Waals surface area contributed by atoms with Crippen molar-refractivity contribution in [3.63, 3.8) is 0 Å². The molecule has 1 fully saturated rings. The number of amides is 4. The number of hydrazine groups is 1. The van der Waals surface area contributed by atoms with Crippen molar-refractivity contribution in [3.8, 4) is 0 Å². The average Bonchev–Trinajstić information content (AvgIpc) is 2.82. The summed E-state index contributed by atoms with van der Waals surface area (Å²) in [5.74, 6) is -0.967. The Bertz CT molecular complexity index is 1000. The molecule has 1 aliphatic heterocycles. The lowest BCUT2D eigenvalue weighted by Crippen LogP contribution is -2.48.